The highest BCUT2D eigenvalue weighted by Gasteiger charge is 2.45. The van der Waals surface area contributed by atoms with Crippen LogP contribution in [-0.4, -0.2) is 51.4 Å². The molecule has 0 bridgehead atoms. The molecule has 2 aromatic carbocycles. The van der Waals surface area contributed by atoms with Gasteiger partial charge in [0.15, 0.2) is 0 Å². The van der Waals surface area contributed by atoms with E-state index < -0.39 is 18.3 Å². The van der Waals surface area contributed by atoms with Gasteiger partial charge < -0.3 is 24.1 Å². The lowest BCUT2D eigenvalue weighted by Crippen LogP contribution is -2.35. The van der Waals surface area contributed by atoms with Crippen LogP contribution < -0.4 is 4.74 Å². The standard InChI is InChI=1S/C18H22O5/c1-20-10-15-18(22-3)16(19)17(23-15)13-8-11-6-4-5-7-12(11)9-14(13)21-2/h4-9,15-19H,10H2,1-3H3/t15-,16?,17+,18?/m1/s1. The molecule has 23 heavy (non-hydrogen) atoms. The molecular formula is C18H22O5. The average Bonchev–Trinajstić information content (AvgIpc) is 2.89. The summed E-state index contributed by atoms with van der Waals surface area (Å²) in [5.74, 6) is 0.695. The van der Waals surface area contributed by atoms with Crippen molar-refractivity contribution in [1.82, 2.24) is 0 Å². The third kappa shape index (κ3) is 2.93. The van der Waals surface area contributed by atoms with Gasteiger partial charge in [0.2, 0.25) is 0 Å². The summed E-state index contributed by atoms with van der Waals surface area (Å²) in [6.45, 7) is 0.363. The lowest BCUT2D eigenvalue weighted by Gasteiger charge is -2.19. The number of benzene rings is 2. The van der Waals surface area contributed by atoms with E-state index in [9.17, 15) is 5.11 Å². The van der Waals surface area contributed by atoms with E-state index in [0.29, 0.717) is 12.4 Å². The zero-order valence-electron chi connectivity index (χ0n) is 13.6. The lowest BCUT2D eigenvalue weighted by atomic mass is 9.97. The molecule has 0 aliphatic carbocycles. The Balaban J connectivity index is 2.01. The van der Waals surface area contributed by atoms with E-state index in [2.05, 4.69) is 0 Å². The first kappa shape index (κ1) is 16.2. The minimum atomic E-state index is -0.782. The van der Waals surface area contributed by atoms with Gasteiger partial charge in [0.05, 0.1) is 13.7 Å². The van der Waals surface area contributed by atoms with E-state index in [1.165, 1.54) is 0 Å². The molecule has 2 unspecified atom stereocenters. The number of ether oxygens (including phenoxy) is 4. The molecule has 5 heteroatoms. The SMILES string of the molecule is COC[C@H]1O[C@@H](c2cc3ccccc3cc2OC)C(O)C1OC. The molecule has 5 nitrogen and oxygen atoms in total. The second-order valence-electron chi connectivity index (χ2n) is 5.68. The molecule has 1 aliphatic heterocycles. The molecule has 1 saturated heterocycles. The summed E-state index contributed by atoms with van der Waals surface area (Å²) >= 11 is 0. The Kier molecular flexibility index (Phi) is 4.82. The highest BCUT2D eigenvalue weighted by molar-refractivity contribution is 5.85. The van der Waals surface area contributed by atoms with Crippen LogP contribution in [-0.2, 0) is 14.2 Å². The smallest absolute Gasteiger partial charge is 0.125 e. The lowest BCUT2D eigenvalue weighted by molar-refractivity contribution is -0.0461. The maximum Gasteiger partial charge on any atom is 0.125 e. The summed E-state index contributed by atoms with van der Waals surface area (Å²) in [5, 5.41) is 12.8. The zero-order valence-corrected chi connectivity index (χ0v) is 13.6. The van der Waals surface area contributed by atoms with Gasteiger partial charge in [-0.3, -0.25) is 0 Å². The predicted molar refractivity (Wildman–Crippen MR) is 86.8 cm³/mol. The summed E-state index contributed by atoms with van der Waals surface area (Å²) in [5.41, 5.74) is 0.819. The number of rotatable bonds is 5. The second kappa shape index (κ2) is 6.84. The number of aliphatic hydroxyl groups excluding tert-OH is 1. The Morgan fingerprint density at radius 2 is 1.78 bits per heavy atom. The van der Waals surface area contributed by atoms with Crippen LogP contribution in [0.2, 0.25) is 0 Å². The largest absolute Gasteiger partial charge is 0.496 e. The van der Waals surface area contributed by atoms with Crippen LogP contribution in [0.5, 0.6) is 5.75 Å². The molecule has 1 aliphatic rings. The maximum atomic E-state index is 10.6. The van der Waals surface area contributed by atoms with E-state index >= 15 is 0 Å². The van der Waals surface area contributed by atoms with Crippen molar-refractivity contribution in [3.63, 3.8) is 0 Å². The van der Waals surface area contributed by atoms with Crippen molar-refractivity contribution in [2.24, 2.45) is 0 Å². The molecule has 124 valence electrons. The maximum absolute atomic E-state index is 10.6. The highest BCUT2D eigenvalue weighted by Crippen LogP contribution is 2.40. The molecule has 3 rings (SSSR count). The zero-order chi connectivity index (χ0) is 16.4. The predicted octanol–water partition coefficient (Wildman–Crippen LogP) is 2.31. The van der Waals surface area contributed by atoms with E-state index in [4.69, 9.17) is 18.9 Å². The Hall–Kier alpha value is -1.66. The van der Waals surface area contributed by atoms with Crippen LogP contribution in [0.4, 0.5) is 0 Å². The van der Waals surface area contributed by atoms with Gasteiger partial charge in [0.1, 0.15) is 30.2 Å². The molecule has 2 aromatic rings. The van der Waals surface area contributed by atoms with Gasteiger partial charge in [-0.15, -0.1) is 0 Å². The first-order valence-corrected chi connectivity index (χ1v) is 7.61. The van der Waals surface area contributed by atoms with E-state index in [1.54, 1.807) is 21.3 Å². The van der Waals surface area contributed by atoms with Crippen molar-refractivity contribution in [3.8, 4) is 5.75 Å². The molecule has 4 atom stereocenters. The summed E-state index contributed by atoms with van der Waals surface area (Å²) in [7, 11) is 4.79. The molecule has 0 radical (unpaired) electrons. The number of fused-ring (bicyclic) bond motifs is 1. The van der Waals surface area contributed by atoms with Crippen LogP contribution in [0.3, 0.4) is 0 Å². The molecule has 0 aromatic heterocycles. The van der Waals surface area contributed by atoms with Crippen molar-refractivity contribution in [2.75, 3.05) is 27.9 Å². The van der Waals surface area contributed by atoms with Crippen molar-refractivity contribution < 1.29 is 24.1 Å². The van der Waals surface area contributed by atoms with Gasteiger partial charge in [-0.25, -0.2) is 0 Å². The topological polar surface area (TPSA) is 57.2 Å². The minimum Gasteiger partial charge on any atom is -0.496 e. The van der Waals surface area contributed by atoms with Gasteiger partial charge in [0, 0.05) is 19.8 Å². The number of hydrogen-bond acceptors (Lipinski definition) is 5. The van der Waals surface area contributed by atoms with E-state index in [1.807, 2.05) is 36.4 Å². The van der Waals surface area contributed by atoms with Gasteiger partial charge in [-0.1, -0.05) is 24.3 Å². The fourth-order valence-corrected chi connectivity index (χ4v) is 3.22. The normalized spacial score (nSPS) is 27.5. The fraction of sp³-hybridized carbons (Fsp3) is 0.444. The van der Waals surface area contributed by atoms with Crippen LogP contribution in [0.1, 0.15) is 11.7 Å². The third-order valence-electron chi connectivity index (χ3n) is 4.34. The Labute approximate surface area is 135 Å². The van der Waals surface area contributed by atoms with Crippen molar-refractivity contribution >= 4 is 10.8 Å². The monoisotopic (exact) mass is 318 g/mol. The Morgan fingerprint density at radius 1 is 1.09 bits per heavy atom. The number of aliphatic hydroxyl groups is 1. The van der Waals surface area contributed by atoms with Crippen LogP contribution in [0.15, 0.2) is 36.4 Å². The highest BCUT2D eigenvalue weighted by atomic mass is 16.6. The Morgan fingerprint density at radius 3 is 2.39 bits per heavy atom. The van der Waals surface area contributed by atoms with Crippen LogP contribution in [0.25, 0.3) is 10.8 Å². The van der Waals surface area contributed by atoms with E-state index in [-0.39, 0.29) is 6.10 Å². The molecule has 1 fully saturated rings. The van der Waals surface area contributed by atoms with Gasteiger partial charge >= 0.3 is 0 Å². The number of hydrogen-bond donors (Lipinski definition) is 1. The summed E-state index contributed by atoms with van der Waals surface area (Å²) in [6, 6.07) is 12.0. The van der Waals surface area contributed by atoms with Gasteiger partial charge in [-0.05, 0) is 22.9 Å². The Bertz CT molecular complexity index is 672. The number of methoxy groups -OCH3 is 3. The molecule has 0 saturated carbocycles. The van der Waals surface area contributed by atoms with Crippen LogP contribution >= 0.6 is 0 Å². The quantitative estimate of drug-likeness (QED) is 0.917. The molecule has 1 N–H and O–H groups in total. The fourth-order valence-electron chi connectivity index (χ4n) is 3.22. The van der Waals surface area contributed by atoms with Crippen molar-refractivity contribution in [2.45, 2.75) is 24.4 Å². The van der Waals surface area contributed by atoms with Crippen molar-refractivity contribution in [3.05, 3.63) is 42.0 Å². The van der Waals surface area contributed by atoms with Gasteiger partial charge in [-0.2, -0.15) is 0 Å². The first-order chi connectivity index (χ1) is 11.2. The molecule has 0 amide bonds. The third-order valence-corrected chi connectivity index (χ3v) is 4.34. The minimum absolute atomic E-state index is 0.318. The summed E-state index contributed by atoms with van der Waals surface area (Å²) in [4.78, 5) is 0. The van der Waals surface area contributed by atoms with Crippen LogP contribution in [0, 0.1) is 0 Å². The second-order valence-corrected chi connectivity index (χ2v) is 5.68. The van der Waals surface area contributed by atoms with Gasteiger partial charge in [0.25, 0.3) is 0 Å². The molecule has 0 spiro atoms. The average molecular weight is 318 g/mol. The van der Waals surface area contributed by atoms with E-state index in [0.717, 1.165) is 16.3 Å². The summed E-state index contributed by atoms with van der Waals surface area (Å²) < 4.78 is 22.1. The van der Waals surface area contributed by atoms with Crippen molar-refractivity contribution in [1.29, 1.82) is 0 Å². The molecule has 1 heterocycles. The summed E-state index contributed by atoms with van der Waals surface area (Å²) in [6.07, 6.45) is -2.05. The molecular weight excluding hydrogens is 296 g/mol. The first-order valence-electron chi connectivity index (χ1n) is 7.61.